The molecular formula is C15H17N5. The molecule has 0 atom stereocenters. The minimum absolute atomic E-state index is 0.331. The van der Waals surface area contributed by atoms with E-state index < -0.39 is 0 Å². The molecule has 0 fully saturated rings. The molecule has 0 spiro atoms. The molecule has 0 unspecified atom stereocenters. The molecule has 0 saturated carbocycles. The molecule has 5 nitrogen and oxygen atoms in total. The van der Waals surface area contributed by atoms with Crippen molar-refractivity contribution in [1.29, 1.82) is 0 Å². The first kappa shape index (κ1) is 12.6. The van der Waals surface area contributed by atoms with Crippen LogP contribution in [0.5, 0.6) is 0 Å². The molecule has 3 aromatic heterocycles. The van der Waals surface area contributed by atoms with Gasteiger partial charge in [0, 0.05) is 25.0 Å². The fourth-order valence-electron chi connectivity index (χ4n) is 2.30. The monoisotopic (exact) mass is 267 g/mol. The summed E-state index contributed by atoms with van der Waals surface area (Å²) in [5.41, 5.74) is 4.10. The Balaban J connectivity index is 2.30. The highest BCUT2D eigenvalue weighted by Crippen LogP contribution is 2.31. The van der Waals surface area contributed by atoms with E-state index in [0.717, 1.165) is 22.5 Å². The van der Waals surface area contributed by atoms with Crippen molar-refractivity contribution in [3.8, 4) is 11.3 Å². The summed E-state index contributed by atoms with van der Waals surface area (Å²) in [6.45, 7) is 4.29. The van der Waals surface area contributed by atoms with Gasteiger partial charge in [-0.2, -0.15) is 5.10 Å². The standard InChI is InChI=1S/C15H17N5/c1-10(2)14-13(11-7-8-17-15(16-3)18-11)12-6-4-5-9-20(12)19-14/h4-10H,1-3H3,(H,16,17,18). The van der Waals surface area contributed by atoms with E-state index in [2.05, 4.69) is 40.3 Å². The second-order valence-corrected chi connectivity index (χ2v) is 4.96. The van der Waals surface area contributed by atoms with Crippen molar-refractivity contribution in [2.45, 2.75) is 19.8 Å². The lowest BCUT2D eigenvalue weighted by atomic mass is 10.0. The number of nitrogens with zero attached hydrogens (tertiary/aromatic N) is 4. The van der Waals surface area contributed by atoms with Gasteiger partial charge in [0.25, 0.3) is 0 Å². The third-order valence-electron chi connectivity index (χ3n) is 3.25. The topological polar surface area (TPSA) is 55.1 Å². The number of aromatic nitrogens is 4. The quantitative estimate of drug-likeness (QED) is 0.792. The molecule has 0 aliphatic heterocycles. The van der Waals surface area contributed by atoms with Crippen LogP contribution in [0.3, 0.4) is 0 Å². The van der Waals surface area contributed by atoms with Gasteiger partial charge in [0.05, 0.1) is 16.9 Å². The summed E-state index contributed by atoms with van der Waals surface area (Å²) in [6.07, 6.45) is 3.73. The van der Waals surface area contributed by atoms with E-state index >= 15 is 0 Å². The molecule has 3 rings (SSSR count). The zero-order valence-electron chi connectivity index (χ0n) is 11.8. The number of nitrogens with one attached hydrogen (secondary N) is 1. The van der Waals surface area contributed by atoms with Crippen LogP contribution < -0.4 is 5.32 Å². The summed E-state index contributed by atoms with van der Waals surface area (Å²) < 4.78 is 1.91. The highest BCUT2D eigenvalue weighted by Gasteiger charge is 2.18. The van der Waals surface area contributed by atoms with E-state index in [1.807, 2.05) is 36.0 Å². The van der Waals surface area contributed by atoms with Crippen LogP contribution in [-0.4, -0.2) is 26.6 Å². The maximum absolute atomic E-state index is 4.68. The lowest BCUT2D eigenvalue weighted by Crippen LogP contribution is -1.98. The van der Waals surface area contributed by atoms with E-state index in [0.29, 0.717) is 11.9 Å². The Hall–Kier alpha value is -2.43. The van der Waals surface area contributed by atoms with Gasteiger partial charge in [-0.1, -0.05) is 19.9 Å². The molecule has 102 valence electrons. The van der Waals surface area contributed by atoms with Crippen molar-refractivity contribution in [3.63, 3.8) is 0 Å². The molecule has 3 aromatic rings. The van der Waals surface area contributed by atoms with Crippen LogP contribution in [-0.2, 0) is 0 Å². The smallest absolute Gasteiger partial charge is 0.222 e. The van der Waals surface area contributed by atoms with Gasteiger partial charge >= 0.3 is 0 Å². The molecule has 0 amide bonds. The van der Waals surface area contributed by atoms with Gasteiger partial charge in [-0.05, 0) is 24.1 Å². The summed E-state index contributed by atoms with van der Waals surface area (Å²) in [5, 5.41) is 7.66. The molecule has 1 N–H and O–H groups in total. The summed E-state index contributed by atoms with van der Waals surface area (Å²) >= 11 is 0. The summed E-state index contributed by atoms with van der Waals surface area (Å²) in [4.78, 5) is 8.72. The number of fused-ring (bicyclic) bond motifs is 1. The zero-order chi connectivity index (χ0) is 14.1. The van der Waals surface area contributed by atoms with Crippen LogP contribution in [0.1, 0.15) is 25.5 Å². The van der Waals surface area contributed by atoms with Crippen molar-refractivity contribution in [2.75, 3.05) is 12.4 Å². The first-order valence-corrected chi connectivity index (χ1v) is 6.69. The minimum atomic E-state index is 0.331. The number of anilines is 1. The maximum Gasteiger partial charge on any atom is 0.222 e. The number of hydrogen-bond donors (Lipinski definition) is 1. The van der Waals surface area contributed by atoms with E-state index in [-0.39, 0.29) is 0 Å². The van der Waals surface area contributed by atoms with Gasteiger partial charge < -0.3 is 5.32 Å². The van der Waals surface area contributed by atoms with Crippen LogP contribution in [0.4, 0.5) is 5.95 Å². The lowest BCUT2D eigenvalue weighted by Gasteiger charge is -2.06. The SMILES string of the molecule is CNc1nccc(-c2c(C(C)C)nn3ccccc23)n1. The Morgan fingerprint density at radius 2 is 2.05 bits per heavy atom. The van der Waals surface area contributed by atoms with Gasteiger partial charge in [-0.15, -0.1) is 0 Å². The van der Waals surface area contributed by atoms with E-state index in [1.165, 1.54) is 0 Å². The second-order valence-electron chi connectivity index (χ2n) is 4.96. The highest BCUT2D eigenvalue weighted by molar-refractivity contribution is 5.81. The van der Waals surface area contributed by atoms with Crippen LogP contribution in [0.2, 0.25) is 0 Å². The van der Waals surface area contributed by atoms with Crippen LogP contribution in [0.25, 0.3) is 16.8 Å². The van der Waals surface area contributed by atoms with Gasteiger partial charge in [-0.25, -0.2) is 14.5 Å². The molecular weight excluding hydrogens is 250 g/mol. The average Bonchev–Trinajstić information content (AvgIpc) is 2.87. The van der Waals surface area contributed by atoms with E-state index in [1.54, 1.807) is 6.20 Å². The molecule has 0 aliphatic carbocycles. The number of pyridine rings is 1. The first-order chi connectivity index (χ1) is 9.70. The molecule has 0 radical (unpaired) electrons. The van der Waals surface area contributed by atoms with Crippen LogP contribution >= 0.6 is 0 Å². The van der Waals surface area contributed by atoms with Gasteiger partial charge in [0.15, 0.2) is 0 Å². The molecule has 0 saturated heterocycles. The average molecular weight is 267 g/mol. The van der Waals surface area contributed by atoms with E-state index in [4.69, 9.17) is 0 Å². The fourth-order valence-corrected chi connectivity index (χ4v) is 2.30. The Morgan fingerprint density at radius 1 is 1.20 bits per heavy atom. The van der Waals surface area contributed by atoms with Gasteiger partial charge in [0.2, 0.25) is 5.95 Å². The van der Waals surface area contributed by atoms with Crippen molar-refractivity contribution < 1.29 is 0 Å². The number of hydrogen-bond acceptors (Lipinski definition) is 4. The molecule has 0 bridgehead atoms. The van der Waals surface area contributed by atoms with Gasteiger partial charge in [-0.3, -0.25) is 0 Å². The van der Waals surface area contributed by atoms with Crippen molar-refractivity contribution in [3.05, 3.63) is 42.4 Å². The third kappa shape index (κ3) is 2.01. The van der Waals surface area contributed by atoms with Crippen molar-refractivity contribution in [1.82, 2.24) is 19.6 Å². The third-order valence-corrected chi connectivity index (χ3v) is 3.25. The maximum atomic E-state index is 4.68. The lowest BCUT2D eigenvalue weighted by molar-refractivity contribution is 0.789. The molecule has 0 aliphatic rings. The molecule has 5 heteroatoms. The largest absolute Gasteiger partial charge is 0.357 e. The Morgan fingerprint density at radius 3 is 2.80 bits per heavy atom. The molecule has 20 heavy (non-hydrogen) atoms. The zero-order valence-corrected chi connectivity index (χ0v) is 11.8. The normalized spacial score (nSPS) is 11.2. The summed E-state index contributed by atoms with van der Waals surface area (Å²) in [7, 11) is 1.82. The Kier molecular flexibility index (Phi) is 3.10. The second kappa shape index (κ2) is 4.92. The minimum Gasteiger partial charge on any atom is -0.357 e. The first-order valence-electron chi connectivity index (χ1n) is 6.69. The summed E-state index contributed by atoms with van der Waals surface area (Å²) in [5.74, 6) is 0.949. The van der Waals surface area contributed by atoms with Crippen LogP contribution in [0, 0.1) is 0 Å². The Bertz CT molecular complexity index is 745. The number of rotatable bonds is 3. The fraction of sp³-hybridized carbons (Fsp3) is 0.267. The van der Waals surface area contributed by atoms with Crippen molar-refractivity contribution >= 4 is 11.5 Å². The van der Waals surface area contributed by atoms with Crippen molar-refractivity contribution in [2.24, 2.45) is 0 Å². The predicted molar refractivity (Wildman–Crippen MR) is 79.9 cm³/mol. The molecule has 3 heterocycles. The van der Waals surface area contributed by atoms with Crippen LogP contribution in [0.15, 0.2) is 36.7 Å². The van der Waals surface area contributed by atoms with E-state index in [9.17, 15) is 0 Å². The highest BCUT2D eigenvalue weighted by atomic mass is 15.2. The summed E-state index contributed by atoms with van der Waals surface area (Å²) in [6, 6.07) is 7.99. The van der Waals surface area contributed by atoms with Gasteiger partial charge in [0.1, 0.15) is 0 Å². The molecule has 0 aromatic carbocycles. The predicted octanol–water partition coefficient (Wildman–Crippen LogP) is 2.96. The Labute approximate surface area is 117 Å².